The lowest BCUT2D eigenvalue weighted by Gasteiger charge is -2.12. The van der Waals surface area contributed by atoms with Gasteiger partial charge in [0.05, 0.1) is 10.7 Å². The van der Waals surface area contributed by atoms with Crippen LogP contribution < -0.4 is 10.0 Å². The molecule has 21 heavy (non-hydrogen) atoms. The molecule has 9 heteroatoms. The van der Waals surface area contributed by atoms with Gasteiger partial charge in [-0.25, -0.2) is 18.1 Å². The molecule has 0 saturated carbocycles. The Morgan fingerprint density at radius 2 is 2.05 bits per heavy atom. The van der Waals surface area contributed by atoms with Crippen molar-refractivity contribution >= 4 is 49.1 Å². The highest BCUT2D eigenvalue weighted by Gasteiger charge is 2.09. The Kier molecular flexibility index (Phi) is 5.15. The lowest BCUT2D eigenvalue weighted by atomic mass is 10.2. The second-order valence-corrected chi connectivity index (χ2v) is 7.24. The third-order valence-corrected chi connectivity index (χ3v) is 3.94. The van der Waals surface area contributed by atoms with Crippen molar-refractivity contribution in [2.75, 3.05) is 11.6 Å². The van der Waals surface area contributed by atoms with Crippen LogP contribution in [0.2, 0.25) is 5.28 Å². The van der Waals surface area contributed by atoms with Gasteiger partial charge in [0.25, 0.3) is 0 Å². The van der Waals surface area contributed by atoms with Gasteiger partial charge in [0.1, 0.15) is 5.82 Å². The van der Waals surface area contributed by atoms with Gasteiger partial charge < -0.3 is 5.32 Å². The first-order valence-corrected chi connectivity index (χ1v) is 8.89. The molecule has 2 N–H and O–H groups in total. The molecule has 1 heterocycles. The molecule has 1 aromatic carbocycles. The summed E-state index contributed by atoms with van der Waals surface area (Å²) in [4.78, 5) is 7.92. The summed E-state index contributed by atoms with van der Waals surface area (Å²) in [5.41, 5.74) is 1.51. The van der Waals surface area contributed by atoms with E-state index in [0.29, 0.717) is 10.3 Å². The molecule has 1 aromatic heterocycles. The number of anilines is 2. The third-order valence-electron chi connectivity index (χ3n) is 2.51. The van der Waals surface area contributed by atoms with Gasteiger partial charge >= 0.3 is 0 Å². The first-order chi connectivity index (χ1) is 9.85. The van der Waals surface area contributed by atoms with Crippen LogP contribution in [-0.2, 0) is 16.6 Å². The lowest BCUT2D eigenvalue weighted by Crippen LogP contribution is -2.21. The van der Waals surface area contributed by atoms with Gasteiger partial charge in [-0.15, -0.1) is 0 Å². The molecule has 2 aromatic rings. The van der Waals surface area contributed by atoms with Gasteiger partial charge in [0.2, 0.25) is 15.3 Å². The predicted molar refractivity (Wildman–Crippen MR) is 86.2 cm³/mol. The van der Waals surface area contributed by atoms with Crippen LogP contribution in [0.3, 0.4) is 0 Å². The van der Waals surface area contributed by atoms with Crippen LogP contribution >= 0.6 is 27.5 Å². The van der Waals surface area contributed by atoms with Crippen molar-refractivity contribution in [3.63, 3.8) is 0 Å². The fourth-order valence-corrected chi connectivity index (χ4v) is 2.41. The highest BCUT2D eigenvalue weighted by Crippen LogP contribution is 2.26. The largest absolute Gasteiger partial charge is 0.339 e. The van der Waals surface area contributed by atoms with Crippen molar-refractivity contribution in [1.29, 1.82) is 0 Å². The van der Waals surface area contributed by atoms with Crippen LogP contribution in [0.15, 0.2) is 34.9 Å². The molecule has 0 spiro atoms. The summed E-state index contributed by atoms with van der Waals surface area (Å²) in [7, 11) is -3.26. The molecule has 0 unspecified atom stereocenters. The maximum Gasteiger partial charge on any atom is 0.224 e. The fourth-order valence-electron chi connectivity index (χ4n) is 1.57. The molecule has 2 rings (SSSR count). The van der Waals surface area contributed by atoms with Crippen molar-refractivity contribution in [2.24, 2.45) is 0 Å². The summed E-state index contributed by atoms with van der Waals surface area (Å²) < 4.78 is 25.5. The second-order valence-electron chi connectivity index (χ2n) is 4.21. The number of benzene rings is 1. The van der Waals surface area contributed by atoms with Crippen molar-refractivity contribution < 1.29 is 8.42 Å². The van der Waals surface area contributed by atoms with E-state index in [-0.39, 0.29) is 11.8 Å². The zero-order chi connectivity index (χ0) is 15.5. The molecule has 0 atom stereocenters. The molecule has 112 valence electrons. The van der Waals surface area contributed by atoms with Crippen molar-refractivity contribution in [2.45, 2.75) is 6.54 Å². The van der Waals surface area contributed by atoms with E-state index >= 15 is 0 Å². The number of para-hydroxylation sites is 1. The minimum atomic E-state index is -3.26. The minimum absolute atomic E-state index is 0.118. The molecule has 0 amide bonds. The van der Waals surface area contributed by atoms with Crippen LogP contribution in [0, 0.1) is 0 Å². The van der Waals surface area contributed by atoms with Crippen LogP contribution in [0.4, 0.5) is 11.5 Å². The summed E-state index contributed by atoms with van der Waals surface area (Å²) in [5, 5.41) is 3.22. The summed E-state index contributed by atoms with van der Waals surface area (Å²) in [6.45, 7) is 0.179. The second kappa shape index (κ2) is 6.69. The molecule has 0 saturated heterocycles. The van der Waals surface area contributed by atoms with E-state index in [4.69, 9.17) is 11.6 Å². The summed E-state index contributed by atoms with van der Waals surface area (Å²) in [6, 6.07) is 7.30. The Hall–Kier alpha value is -1.22. The van der Waals surface area contributed by atoms with E-state index in [2.05, 4.69) is 35.9 Å². The molecule has 6 nitrogen and oxygen atoms in total. The lowest BCUT2D eigenvalue weighted by molar-refractivity contribution is 0.587. The topological polar surface area (TPSA) is 84.0 Å². The Labute approximate surface area is 136 Å². The standard InChI is InChI=1S/C12H12BrClN4O2S/c1-21(19,20)16-6-8-4-2-3-5-10(8)17-11-9(13)7-15-12(14)18-11/h2-5,7,16H,6H2,1H3,(H,15,17,18). The number of nitrogens with one attached hydrogen (secondary N) is 2. The number of halogens is 2. The highest BCUT2D eigenvalue weighted by molar-refractivity contribution is 9.10. The molecular weight excluding hydrogens is 380 g/mol. The minimum Gasteiger partial charge on any atom is -0.339 e. The monoisotopic (exact) mass is 390 g/mol. The number of sulfonamides is 1. The smallest absolute Gasteiger partial charge is 0.224 e. The average Bonchev–Trinajstić information content (AvgIpc) is 2.41. The van der Waals surface area contributed by atoms with E-state index in [1.807, 2.05) is 24.3 Å². The number of rotatable bonds is 5. The van der Waals surface area contributed by atoms with Crippen LogP contribution in [0.1, 0.15) is 5.56 Å². The normalized spacial score (nSPS) is 11.4. The van der Waals surface area contributed by atoms with Crippen LogP contribution in [0.25, 0.3) is 0 Å². The van der Waals surface area contributed by atoms with Gasteiger partial charge in [-0.3, -0.25) is 0 Å². The van der Waals surface area contributed by atoms with Crippen LogP contribution in [0.5, 0.6) is 0 Å². The number of hydrogen-bond donors (Lipinski definition) is 2. The van der Waals surface area contributed by atoms with E-state index in [9.17, 15) is 8.42 Å². The van der Waals surface area contributed by atoms with Gasteiger partial charge in [-0.2, -0.15) is 4.98 Å². The van der Waals surface area contributed by atoms with E-state index in [1.165, 1.54) is 6.20 Å². The van der Waals surface area contributed by atoms with Crippen molar-refractivity contribution in [3.8, 4) is 0 Å². The number of aromatic nitrogens is 2. The maximum atomic E-state index is 11.2. The Balaban J connectivity index is 2.26. The summed E-state index contributed by atoms with van der Waals surface area (Å²) in [6.07, 6.45) is 2.65. The van der Waals surface area contributed by atoms with Crippen LogP contribution in [-0.4, -0.2) is 24.6 Å². The molecule has 0 bridgehead atoms. The average molecular weight is 392 g/mol. The molecule has 0 aliphatic carbocycles. The number of hydrogen-bond acceptors (Lipinski definition) is 5. The third kappa shape index (κ3) is 4.92. The van der Waals surface area contributed by atoms with Gasteiger partial charge in [0.15, 0.2) is 0 Å². The zero-order valence-electron chi connectivity index (χ0n) is 11.0. The Morgan fingerprint density at radius 3 is 2.76 bits per heavy atom. The predicted octanol–water partition coefficient (Wildman–Crippen LogP) is 2.69. The summed E-state index contributed by atoms with van der Waals surface area (Å²) in [5.74, 6) is 0.502. The Morgan fingerprint density at radius 1 is 1.33 bits per heavy atom. The van der Waals surface area contributed by atoms with E-state index < -0.39 is 10.0 Å². The highest BCUT2D eigenvalue weighted by atomic mass is 79.9. The Bertz CT molecular complexity index is 755. The quantitative estimate of drug-likeness (QED) is 0.766. The molecule has 0 fully saturated rings. The number of nitrogens with zero attached hydrogens (tertiary/aromatic N) is 2. The first kappa shape index (κ1) is 16.2. The van der Waals surface area contributed by atoms with Crippen molar-refractivity contribution in [3.05, 3.63) is 45.8 Å². The van der Waals surface area contributed by atoms with E-state index in [1.54, 1.807) is 0 Å². The summed E-state index contributed by atoms with van der Waals surface area (Å²) >= 11 is 9.09. The molecular formula is C12H12BrClN4O2S. The van der Waals surface area contributed by atoms with Gasteiger partial charge in [0, 0.05) is 18.4 Å². The van der Waals surface area contributed by atoms with E-state index in [0.717, 1.165) is 17.5 Å². The fraction of sp³-hybridized carbons (Fsp3) is 0.167. The maximum absolute atomic E-state index is 11.2. The van der Waals surface area contributed by atoms with Gasteiger partial charge in [-0.05, 0) is 39.2 Å². The first-order valence-electron chi connectivity index (χ1n) is 5.83. The SMILES string of the molecule is CS(=O)(=O)NCc1ccccc1Nc1nc(Cl)ncc1Br. The molecule has 0 aliphatic rings. The van der Waals surface area contributed by atoms with Crippen molar-refractivity contribution in [1.82, 2.24) is 14.7 Å². The van der Waals surface area contributed by atoms with Gasteiger partial charge in [-0.1, -0.05) is 18.2 Å². The zero-order valence-corrected chi connectivity index (χ0v) is 14.1. The molecule has 0 radical (unpaired) electrons. The molecule has 0 aliphatic heterocycles.